The zero-order valence-corrected chi connectivity index (χ0v) is 13.0. The van der Waals surface area contributed by atoms with Crippen molar-refractivity contribution in [2.24, 2.45) is 0 Å². The molecule has 0 radical (unpaired) electrons. The number of nitro groups is 1. The molecule has 0 atom stereocenters. The summed E-state index contributed by atoms with van der Waals surface area (Å²) in [4.78, 5) is 11.3. The molecule has 0 saturated carbocycles. The molecule has 3 rings (SSSR count). The lowest BCUT2D eigenvalue weighted by Crippen LogP contribution is -2.12. The average molecular weight is 338 g/mol. The Hall–Kier alpha value is -1.76. The molecule has 0 aromatic heterocycles. The van der Waals surface area contributed by atoms with E-state index in [1.807, 2.05) is 12.1 Å². The molecular formula is C15H12ClNO4S. The topological polar surface area (TPSA) is 61.6 Å². The Morgan fingerprint density at radius 1 is 1.32 bits per heavy atom. The second-order valence-corrected chi connectivity index (χ2v) is 6.13. The highest BCUT2D eigenvalue weighted by Crippen LogP contribution is 2.37. The summed E-state index contributed by atoms with van der Waals surface area (Å²) in [5, 5.41) is 11.7. The lowest BCUT2D eigenvalue weighted by molar-refractivity contribution is -0.387. The second kappa shape index (κ2) is 6.56. The fourth-order valence-electron chi connectivity index (χ4n) is 2.25. The standard InChI is InChI=1S/C15H12ClNO4S/c16-12-5-10-7-20-9-21-15(10)11(6-12)8-22-14-4-2-1-3-13(14)17(18)19/h1-6H,7-9H2. The Bertz CT molecular complexity index is 723. The molecule has 0 N–H and O–H groups in total. The van der Waals surface area contributed by atoms with Gasteiger partial charge in [-0.1, -0.05) is 23.7 Å². The van der Waals surface area contributed by atoms with E-state index in [1.165, 1.54) is 17.8 Å². The smallest absolute Gasteiger partial charge is 0.282 e. The van der Waals surface area contributed by atoms with Crippen LogP contribution in [0.25, 0.3) is 0 Å². The van der Waals surface area contributed by atoms with Crippen LogP contribution in [0.4, 0.5) is 5.69 Å². The Labute approximate surface area is 136 Å². The van der Waals surface area contributed by atoms with Crippen LogP contribution in [-0.2, 0) is 17.1 Å². The number of thioether (sulfide) groups is 1. The summed E-state index contributed by atoms with van der Waals surface area (Å²) in [5.41, 5.74) is 1.92. The van der Waals surface area contributed by atoms with E-state index in [9.17, 15) is 10.1 Å². The molecule has 22 heavy (non-hydrogen) atoms. The van der Waals surface area contributed by atoms with Crippen molar-refractivity contribution in [3.05, 3.63) is 62.7 Å². The van der Waals surface area contributed by atoms with E-state index < -0.39 is 0 Å². The number of ether oxygens (including phenoxy) is 2. The zero-order valence-electron chi connectivity index (χ0n) is 11.5. The Balaban J connectivity index is 1.86. The molecule has 1 heterocycles. The van der Waals surface area contributed by atoms with Gasteiger partial charge in [-0.3, -0.25) is 10.1 Å². The summed E-state index contributed by atoms with van der Waals surface area (Å²) in [6.45, 7) is 0.664. The third-order valence-electron chi connectivity index (χ3n) is 3.20. The third kappa shape index (κ3) is 3.19. The number of nitrogens with zero attached hydrogens (tertiary/aromatic N) is 1. The number of halogens is 1. The van der Waals surface area contributed by atoms with Crippen molar-refractivity contribution in [2.75, 3.05) is 6.79 Å². The highest BCUT2D eigenvalue weighted by Gasteiger charge is 2.18. The van der Waals surface area contributed by atoms with Crippen LogP contribution >= 0.6 is 23.4 Å². The Morgan fingerprint density at radius 2 is 2.14 bits per heavy atom. The first-order valence-corrected chi connectivity index (χ1v) is 7.89. The monoisotopic (exact) mass is 337 g/mol. The van der Waals surface area contributed by atoms with Gasteiger partial charge in [-0.25, -0.2) is 0 Å². The van der Waals surface area contributed by atoms with Crippen LogP contribution in [0.5, 0.6) is 5.75 Å². The van der Waals surface area contributed by atoms with Crippen molar-refractivity contribution in [3.8, 4) is 5.75 Å². The van der Waals surface area contributed by atoms with Crippen LogP contribution in [0.3, 0.4) is 0 Å². The predicted molar refractivity (Wildman–Crippen MR) is 84.4 cm³/mol. The lowest BCUT2D eigenvalue weighted by Gasteiger charge is -2.21. The van der Waals surface area contributed by atoms with Crippen LogP contribution < -0.4 is 4.74 Å². The molecule has 1 aliphatic rings. The number of hydrogen-bond acceptors (Lipinski definition) is 5. The molecule has 0 spiro atoms. The number of hydrogen-bond donors (Lipinski definition) is 0. The van der Waals surface area contributed by atoms with Crippen molar-refractivity contribution in [3.63, 3.8) is 0 Å². The normalized spacial score (nSPS) is 13.3. The van der Waals surface area contributed by atoms with Gasteiger partial charge in [0.1, 0.15) is 5.75 Å². The van der Waals surface area contributed by atoms with Crippen molar-refractivity contribution < 1.29 is 14.4 Å². The van der Waals surface area contributed by atoms with E-state index in [0.29, 0.717) is 22.3 Å². The molecule has 0 saturated heterocycles. The van der Waals surface area contributed by atoms with E-state index in [-0.39, 0.29) is 17.4 Å². The van der Waals surface area contributed by atoms with E-state index in [2.05, 4.69) is 0 Å². The maximum Gasteiger partial charge on any atom is 0.282 e. The predicted octanol–water partition coefficient (Wildman–Crippen LogP) is 4.41. The average Bonchev–Trinajstić information content (AvgIpc) is 2.52. The lowest BCUT2D eigenvalue weighted by atomic mass is 10.1. The van der Waals surface area contributed by atoms with Gasteiger partial charge in [0, 0.05) is 28.0 Å². The molecule has 0 amide bonds. The summed E-state index contributed by atoms with van der Waals surface area (Å²) >= 11 is 7.51. The molecule has 1 aliphatic heterocycles. The number of benzene rings is 2. The Kier molecular flexibility index (Phi) is 4.52. The van der Waals surface area contributed by atoms with Gasteiger partial charge >= 0.3 is 0 Å². The largest absolute Gasteiger partial charge is 0.467 e. The molecule has 7 heteroatoms. The quantitative estimate of drug-likeness (QED) is 0.470. The van der Waals surface area contributed by atoms with Gasteiger partial charge in [0.05, 0.1) is 16.4 Å². The van der Waals surface area contributed by atoms with E-state index in [1.54, 1.807) is 18.2 Å². The first kappa shape index (κ1) is 15.1. The molecule has 0 aliphatic carbocycles. The summed E-state index contributed by atoms with van der Waals surface area (Å²) in [5.74, 6) is 1.30. The van der Waals surface area contributed by atoms with Gasteiger partial charge < -0.3 is 9.47 Å². The molecular weight excluding hydrogens is 326 g/mol. The number of nitro benzene ring substituents is 1. The van der Waals surface area contributed by atoms with Crippen molar-refractivity contribution in [1.82, 2.24) is 0 Å². The molecule has 2 aromatic rings. The number of fused-ring (bicyclic) bond motifs is 1. The first-order valence-electron chi connectivity index (χ1n) is 6.53. The summed E-state index contributed by atoms with van der Waals surface area (Å²) in [6, 6.07) is 10.3. The van der Waals surface area contributed by atoms with Gasteiger partial charge in [-0.05, 0) is 18.2 Å². The zero-order chi connectivity index (χ0) is 15.5. The van der Waals surface area contributed by atoms with Crippen LogP contribution in [0.1, 0.15) is 11.1 Å². The fraction of sp³-hybridized carbons (Fsp3) is 0.200. The van der Waals surface area contributed by atoms with Gasteiger partial charge in [-0.2, -0.15) is 0 Å². The SMILES string of the molecule is O=[N+]([O-])c1ccccc1SCc1cc(Cl)cc2c1OCOC2. The minimum absolute atomic E-state index is 0.104. The minimum atomic E-state index is -0.375. The first-order chi connectivity index (χ1) is 10.6. The van der Waals surface area contributed by atoms with E-state index >= 15 is 0 Å². The van der Waals surface area contributed by atoms with E-state index in [4.69, 9.17) is 21.1 Å². The Morgan fingerprint density at radius 3 is 2.95 bits per heavy atom. The third-order valence-corrected chi connectivity index (χ3v) is 4.53. The van der Waals surface area contributed by atoms with Crippen LogP contribution in [0.15, 0.2) is 41.3 Å². The van der Waals surface area contributed by atoms with Crippen LogP contribution in [-0.4, -0.2) is 11.7 Å². The molecule has 114 valence electrons. The molecule has 5 nitrogen and oxygen atoms in total. The molecule has 0 fully saturated rings. The molecule has 0 unspecified atom stereocenters. The minimum Gasteiger partial charge on any atom is -0.467 e. The van der Waals surface area contributed by atoms with Gasteiger partial charge in [0.15, 0.2) is 6.79 Å². The number of rotatable bonds is 4. The van der Waals surface area contributed by atoms with Gasteiger partial charge in [-0.15, -0.1) is 11.8 Å². The van der Waals surface area contributed by atoms with Crippen molar-refractivity contribution in [2.45, 2.75) is 17.3 Å². The fourth-order valence-corrected chi connectivity index (χ4v) is 3.50. The molecule has 2 aromatic carbocycles. The maximum absolute atomic E-state index is 11.0. The second-order valence-electron chi connectivity index (χ2n) is 4.68. The summed E-state index contributed by atoms with van der Waals surface area (Å²) in [7, 11) is 0. The van der Waals surface area contributed by atoms with Crippen LogP contribution in [0.2, 0.25) is 5.02 Å². The van der Waals surface area contributed by atoms with Gasteiger partial charge in [0.2, 0.25) is 0 Å². The maximum atomic E-state index is 11.0. The highest BCUT2D eigenvalue weighted by atomic mass is 35.5. The summed E-state index contributed by atoms with van der Waals surface area (Å²) < 4.78 is 10.8. The van der Waals surface area contributed by atoms with Crippen molar-refractivity contribution >= 4 is 29.1 Å². The van der Waals surface area contributed by atoms with Crippen LogP contribution in [0, 0.1) is 10.1 Å². The van der Waals surface area contributed by atoms with E-state index in [0.717, 1.165) is 16.9 Å². The van der Waals surface area contributed by atoms with Crippen molar-refractivity contribution in [1.29, 1.82) is 0 Å². The van der Waals surface area contributed by atoms with Gasteiger partial charge in [0.25, 0.3) is 5.69 Å². The number of para-hydroxylation sites is 1. The highest BCUT2D eigenvalue weighted by molar-refractivity contribution is 7.98. The molecule has 0 bridgehead atoms. The summed E-state index contributed by atoms with van der Waals surface area (Å²) in [6.07, 6.45) is 0.